The van der Waals surface area contributed by atoms with E-state index in [1.165, 1.54) is 0 Å². The highest BCUT2D eigenvalue weighted by Crippen LogP contribution is 2.35. The first-order chi connectivity index (χ1) is 15.0. The number of hydrogen-bond donors (Lipinski definition) is 3. The van der Waals surface area contributed by atoms with Crippen LogP contribution in [0, 0.1) is 6.92 Å². The van der Waals surface area contributed by atoms with E-state index in [1.807, 2.05) is 38.4 Å². The summed E-state index contributed by atoms with van der Waals surface area (Å²) in [6.45, 7) is 5.10. The van der Waals surface area contributed by atoms with E-state index in [1.54, 1.807) is 15.8 Å². The molecule has 0 radical (unpaired) electrons. The van der Waals surface area contributed by atoms with Gasteiger partial charge in [-0.1, -0.05) is 0 Å². The van der Waals surface area contributed by atoms with E-state index in [0.717, 1.165) is 59.5 Å². The Morgan fingerprint density at radius 3 is 3.06 bits per heavy atom. The molecule has 2 aromatic heterocycles. The summed E-state index contributed by atoms with van der Waals surface area (Å²) in [6.07, 6.45) is 4.47. The van der Waals surface area contributed by atoms with Crippen molar-refractivity contribution in [2.24, 2.45) is 7.05 Å². The van der Waals surface area contributed by atoms with Gasteiger partial charge in [-0.05, 0) is 37.1 Å². The second kappa shape index (κ2) is 7.82. The van der Waals surface area contributed by atoms with Crippen LogP contribution in [0.15, 0.2) is 30.6 Å². The van der Waals surface area contributed by atoms with Crippen molar-refractivity contribution in [3.05, 3.63) is 41.7 Å². The molecule has 31 heavy (non-hydrogen) atoms. The standard InChI is InChI=1S/C22H27N7O2/c1-14-9-19-15(11-27(2)26-19)10-18(14)25-22(31)29-7-4-17-20(3-5-24-21(17)29)28-8-6-23-16(12-28)13-30/h3,5,9-11,16,23,30H,4,6-8,12-13H2,1-2H3,(H,25,31)/t16-/m1/s1. The summed E-state index contributed by atoms with van der Waals surface area (Å²) in [7, 11) is 1.89. The third-order valence-electron chi connectivity index (χ3n) is 6.12. The molecule has 0 bridgehead atoms. The van der Waals surface area contributed by atoms with Gasteiger partial charge in [0, 0.05) is 74.0 Å². The number of carbonyl (C=O) groups is 1. The number of carbonyl (C=O) groups excluding carboxylic acids is 1. The third-order valence-corrected chi connectivity index (χ3v) is 6.12. The van der Waals surface area contributed by atoms with Crippen LogP contribution in [0.3, 0.4) is 0 Å². The molecule has 162 valence electrons. The number of aryl methyl sites for hydroxylation is 2. The minimum Gasteiger partial charge on any atom is -0.395 e. The molecule has 0 saturated carbocycles. The highest BCUT2D eigenvalue weighted by atomic mass is 16.3. The van der Waals surface area contributed by atoms with Crippen LogP contribution in [0.1, 0.15) is 11.1 Å². The van der Waals surface area contributed by atoms with Gasteiger partial charge in [0.05, 0.1) is 12.1 Å². The molecule has 1 aromatic carbocycles. The second-order valence-corrected chi connectivity index (χ2v) is 8.27. The van der Waals surface area contributed by atoms with Gasteiger partial charge in [0.25, 0.3) is 0 Å². The molecule has 0 unspecified atom stereocenters. The first-order valence-corrected chi connectivity index (χ1v) is 10.6. The Balaban J connectivity index is 1.39. The lowest BCUT2D eigenvalue weighted by atomic mass is 10.1. The van der Waals surface area contributed by atoms with Crippen molar-refractivity contribution in [2.45, 2.75) is 19.4 Å². The number of urea groups is 1. The predicted octanol–water partition coefficient (Wildman–Crippen LogP) is 1.64. The fraction of sp³-hybridized carbons (Fsp3) is 0.409. The summed E-state index contributed by atoms with van der Waals surface area (Å²) in [4.78, 5) is 21.7. The zero-order chi connectivity index (χ0) is 21.5. The average molecular weight is 422 g/mol. The van der Waals surface area contributed by atoms with Gasteiger partial charge in [0.1, 0.15) is 5.82 Å². The van der Waals surface area contributed by atoms with E-state index in [-0.39, 0.29) is 18.7 Å². The van der Waals surface area contributed by atoms with Gasteiger partial charge in [-0.25, -0.2) is 9.78 Å². The Morgan fingerprint density at radius 1 is 1.35 bits per heavy atom. The number of anilines is 3. The summed E-state index contributed by atoms with van der Waals surface area (Å²) in [5.74, 6) is 0.717. The van der Waals surface area contributed by atoms with Crippen molar-refractivity contribution in [1.82, 2.24) is 20.1 Å². The van der Waals surface area contributed by atoms with Gasteiger partial charge in [0.2, 0.25) is 0 Å². The lowest BCUT2D eigenvalue weighted by Crippen LogP contribution is -2.52. The zero-order valence-corrected chi connectivity index (χ0v) is 17.8. The van der Waals surface area contributed by atoms with Crippen molar-refractivity contribution >= 4 is 34.1 Å². The van der Waals surface area contributed by atoms with Crippen LogP contribution in [0.25, 0.3) is 10.9 Å². The van der Waals surface area contributed by atoms with Crippen LogP contribution in [-0.2, 0) is 13.5 Å². The first-order valence-electron chi connectivity index (χ1n) is 10.6. The quantitative estimate of drug-likeness (QED) is 0.595. The molecule has 0 aliphatic carbocycles. The molecular weight excluding hydrogens is 394 g/mol. The van der Waals surface area contributed by atoms with Gasteiger partial charge in [0.15, 0.2) is 0 Å². The van der Waals surface area contributed by atoms with Crippen LogP contribution in [0.2, 0.25) is 0 Å². The van der Waals surface area contributed by atoms with Crippen LogP contribution in [-0.4, -0.2) is 64.7 Å². The number of pyridine rings is 1. The minimum absolute atomic E-state index is 0.0590. The number of piperazine rings is 1. The second-order valence-electron chi connectivity index (χ2n) is 8.27. The maximum Gasteiger partial charge on any atom is 0.327 e. The van der Waals surface area contributed by atoms with Gasteiger partial charge in [-0.3, -0.25) is 9.58 Å². The Kier molecular flexibility index (Phi) is 4.99. The fourth-order valence-corrected chi connectivity index (χ4v) is 4.55. The van der Waals surface area contributed by atoms with Gasteiger partial charge in [-0.2, -0.15) is 5.10 Å². The molecule has 0 spiro atoms. The number of aromatic nitrogens is 3. The smallest absolute Gasteiger partial charge is 0.327 e. The first kappa shape index (κ1) is 19.8. The van der Waals surface area contributed by atoms with E-state index in [9.17, 15) is 9.90 Å². The molecule has 4 heterocycles. The normalized spacial score (nSPS) is 18.5. The number of rotatable bonds is 3. The number of aliphatic hydroxyl groups excluding tert-OH is 1. The molecule has 3 aromatic rings. The van der Waals surface area contributed by atoms with Crippen molar-refractivity contribution < 1.29 is 9.90 Å². The molecule has 9 nitrogen and oxygen atoms in total. The number of benzene rings is 1. The minimum atomic E-state index is -0.178. The molecule has 2 aliphatic rings. The van der Waals surface area contributed by atoms with Crippen molar-refractivity contribution in [1.29, 1.82) is 0 Å². The Labute approximate surface area is 180 Å². The summed E-state index contributed by atoms with van der Waals surface area (Å²) in [5, 5.41) is 21.3. The zero-order valence-electron chi connectivity index (χ0n) is 17.8. The Morgan fingerprint density at radius 2 is 2.23 bits per heavy atom. The van der Waals surface area contributed by atoms with Crippen molar-refractivity contribution in [3.63, 3.8) is 0 Å². The van der Waals surface area contributed by atoms with E-state index >= 15 is 0 Å². The fourth-order valence-electron chi connectivity index (χ4n) is 4.55. The topological polar surface area (TPSA) is 98.6 Å². The number of aliphatic hydroxyl groups is 1. The summed E-state index contributed by atoms with van der Waals surface area (Å²) >= 11 is 0. The maximum absolute atomic E-state index is 13.2. The highest BCUT2D eigenvalue weighted by molar-refractivity contribution is 6.04. The van der Waals surface area contributed by atoms with Crippen molar-refractivity contribution in [2.75, 3.05) is 47.9 Å². The van der Waals surface area contributed by atoms with Crippen LogP contribution >= 0.6 is 0 Å². The summed E-state index contributed by atoms with van der Waals surface area (Å²) < 4.78 is 1.77. The number of hydrogen-bond acceptors (Lipinski definition) is 6. The number of nitrogens with one attached hydrogen (secondary N) is 2. The molecule has 2 aliphatic heterocycles. The molecule has 9 heteroatoms. The molecule has 2 amide bonds. The van der Waals surface area contributed by atoms with E-state index in [4.69, 9.17) is 0 Å². The molecule has 1 atom stereocenters. The maximum atomic E-state index is 13.2. The largest absolute Gasteiger partial charge is 0.395 e. The molecule has 5 rings (SSSR count). The monoisotopic (exact) mass is 421 g/mol. The number of amides is 2. The highest BCUT2D eigenvalue weighted by Gasteiger charge is 2.31. The molecule has 1 fully saturated rings. The predicted molar refractivity (Wildman–Crippen MR) is 121 cm³/mol. The Hall–Kier alpha value is -3.17. The molecular formula is C22H27N7O2. The third kappa shape index (κ3) is 3.60. The average Bonchev–Trinajstić information content (AvgIpc) is 3.36. The lowest BCUT2D eigenvalue weighted by Gasteiger charge is -2.35. The van der Waals surface area contributed by atoms with Gasteiger partial charge in [-0.15, -0.1) is 0 Å². The summed E-state index contributed by atoms with van der Waals surface area (Å²) in [6, 6.07) is 5.85. The van der Waals surface area contributed by atoms with Gasteiger partial charge >= 0.3 is 6.03 Å². The summed E-state index contributed by atoms with van der Waals surface area (Å²) in [5.41, 5.74) is 4.86. The van der Waals surface area contributed by atoms with Gasteiger partial charge < -0.3 is 20.6 Å². The van der Waals surface area contributed by atoms with Crippen molar-refractivity contribution in [3.8, 4) is 0 Å². The van der Waals surface area contributed by atoms with E-state index in [0.29, 0.717) is 12.4 Å². The number of nitrogens with zero attached hydrogens (tertiary/aromatic N) is 5. The lowest BCUT2D eigenvalue weighted by molar-refractivity contribution is 0.235. The SMILES string of the molecule is Cc1cc2nn(C)cc2cc1NC(=O)N1CCc2c(N3CCN[C@@H](CO)C3)ccnc21. The Bertz CT molecular complexity index is 1140. The van der Waals surface area contributed by atoms with Crippen LogP contribution in [0.5, 0.6) is 0 Å². The van der Waals surface area contributed by atoms with Crippen LogP contribution in [0.4, 0.5) is 22.0 Å². The van der Waals surface area contributed by atoms with E-state index in [2.05, 4.69) is 25.6 Å². The number of fused-ring (bicyclic) bond motifs is 2. The molecule has 3 N–H and O–H groups in total. The molecule has 1 saturated heterocycles. The van der Waals surface area contributed by atoms with Crippen LogP contribution < -0.4 is 20.4 Å². The van der Waals surface area contributed by atoms with E-state index < -0.39 is 0 Å².